The van der Waals surface area contributed by atoms with Crippen LogP contribution < -0.4 is 5.32 Å². The van der Waals surface area contributed by atoms with E-state index in [9.17, 15) is 4.79 Å². The Labute approximate surface area is 165 Å². The van der Waals surface area contributed by atoms with Crippen molar-refractivity contribution in [2.45, 2.75) is 25.4 Å². The molecule has 1 amide bonds. The number of carbonyl (C=O) groups is 1. The standard InChI is InChI=1S/C18H16Cl2N4O3/c19-11-5-6-13(12(20)9-11)21-18(25)14-3-1-7-24(14)10-16-22-17(23-27-16)15-4-2-8-26-15/h2,4-6,8-9,14H,1,3,7,10H2,(H,21,25)/t14-/m0/s1. The largest absolute Gasteiger partial charge is 0.461 e. The highest BCUT2D eigenvalue weighted by atomic mass is 35.5. The molecule has 27 heavy (non-hydrogen) atoms. The van der Waals surface area contributed by atoms with Gasteiger partial charge in [0.25, 0.3) is 0 Å². The molecular formula is C18H16Cl2N4O3. The van der Waals surface area contributed by atoms with Crippen LogP contribution in [-0.2, 0) is 11.3 Å². The summed E-state index contributed by atoms with van der Waals surface area (Å²) in [5.41, 5.74) is 0.538. The lowest BCUT2D eigenvalue weighted by Gasteiger charge is -2.22. The summed E-state index contributed by atoms with van der Waals surface area (Å²) < 4.78 is 10.6. The fourth-order valence-electron chi connectivity index (χ4n) is 3.12. The molecule has 0 aliphatic carbocycles. The Morgan fingerprint density at radius 3 is 3.00 bits per heavy atom. The van der Waals surface area contributed by atoms with E-state index in [1.807, 2.05) is 4.90 Å². The van der Waals surface area contributed by atoms with Crippen LogP contribution in [0.3, 0.4) is 0 Å². The summed E-state index contributed by atoms with van der Waals surface area (Å²) >= 11 is 12.0. The van der Waals surface area contributed by atoms with Crippen LogP contribution in [0.25, 0.3) is 11.6 Å². The minimum atomic E-state index is -0.296. The van der Waals surface area contributed by atoms with E-state index in [0.717, 1.165) is 19.4 Å². The average molecular weight is 407 g/mol. The molecule has 3 heterocycles. The number of nitrogens with zero attached hydrogens (tertiary/aromatic N) is 3. The van der Waals surface area contributed by atoms with E-state index in [2.05, 4.69) is 15.5 Å². The number of carbonyl (C=O) groups excluding carboxylic acids is 1. The normalized spacial score (nSPS) is 17.3. The molecule has 1 fully saturated rings. The molecule has 4 rings (SSSR count). The number of benzene rings is 1. The third-order valence-electron chi connectivity index (χ3n) is 4.40. The highest BCUT2D eigenvalue weighted by molar-refractivity contribution is 6.36. The number of hydrogen-bond donors (Lipinski definition) is 1. The Hall–Kier alpha value is -2.35. The average Bonchev–Trinajstić information content (AvgIpc) is 3.38. The number of likely N-dealkylation sites (tertiary alicyclic amines) is 1. The van der Waals surface area contributed by atoms with Gasteiger partial charge in [0.1, 0.15) is 0 Å². The van der Waals surface area contributed by atoms with Crippen molar-refractivity contribution in [2.24, 2.45) is 0 Å². The molecule has 1 saturated heterocycles. The van der Waals surface area contributed by atoms with Crippen LogP contribution in [0.1, 0.15) is 18.7 Å². The molecule has 7 nitrogen and oxygen atoms in total. The maximum Gasteiger partial charge on any atom is 0.241 e. The molecule has 3 aromatic rings. The van der Waals surface area contributed by atoms with E-state index >= 15 is 0 Å². The number of rotatable bonds is 5. The SMILES string of the molecule is O=C(Nc1ccc(Cl)cc1Cl)[C@@H]1CCCN1Cc1nc(-c2ccco2)no1. The van der Waals surface area contributed by atoms with Gasteiger partial charge in [-0.2, -0.15) is 4.98 Å². The number of furan rings is 1. The van der Waals surface area contributed by atoms with Crippen LogP contribution >= 0.6 is 23.2 Å². The van der Waals surface area contributed by atoms with Crippen molar-refractivity contribution in [1.29, 1.82) is 0 Å². The molecule has 140 valence electrons. The molecule has 1 N–H and O–H groups in total. The zero-order chi connectivity index (χ0) is 18.8. The molecule has 0 spiro atoms. The summed E-state index contributed by atoms with van der Waals surface area (Å²) in [6.07, 6.45) is 3.20. The molecule has 1 atom stereocenters. The van der Waals surface area contributed by atoms with Crippen molar-refractivity contribution in [3.8, 4) is 11.6 Å². The lowest BCUT2D eigenvalue weighted by molar-refractivity contribution is -0.120. The van der Waals surface area contributed by atoms with Crippen molar-refractivity contribution in [3.05, 3.63) is 52.5 Å². The number of hydrogen-bond acceptors (Lipinski definition) is 6. The summed E-state index contributed by atoms with van der Waals surface area (Å²) in [7, 11) is 0. The third-order valence-corrected chi connectivity index (χ3v) is 4.95. The second-order valence-electron chi connectivity index (χ2n) is 6.23. The van der Waals surface area contributed by atoms with Gasteiger partial charge in [-0.15, -0.1) is 0 Å². The predicted octanol–water partition coefficient (Wildman–Crippen LogP) is 4.24. The van der Waals surface area contributed by atoms with Gasteiger partial charge in [0.05, 0.1) is 29.6 Å². The van der Waals surface area contributed by atoms with Gasteiger partial charge >= 0.3 is 0 Å². The summed E-state index contributed by atoms with van der Waals surface area (Å²) in [5.74, 6) is 1.24. The lowest BCUT2D eigenvalue weighted by atomic mass is 10.2. The fraction of sp³-hybridized carbons (Fsp3) is 0.278. The maximum atomic E-state index is 12.7. The van der Waals surface area contributed by atoms with Crippen LogP contribution in [0.5, 0.6) is 0 Å². The second-order valence-corrected chi connectivity index (χ2v) is 7.07. The number of anilines is 1. The van der Waals surface area contributed by atoms with E-state index in [-0.39, 0.29) is 11.9 Å². The lowest BCUT2D eigenvalue weighted by Crippen LogP contribution is -2.39. The minimum Gasteiger partial charge on any atom is -0.461 e. The molecule has 9 heteroatoms. The van der Waals surface area contributed by atoms with Gasteiger partial charge in [-0.25, -0.2) is 0 Å². The number of aromatic nitrogens is 2. The molecule has 0 unspecified atom stereocenters. The fourth-order valence-corrected chi connectivity index (χ4v) is 3.57. The Kier molecular flexibility index (Phi) is 5.15. The van der Waals surface area contributed by atoms with Crippen LogP contribution in [0.4, 0.5) is 5.69 Å². The zero-order valence-electron chi connectivity index (χ0n) is 14.2. The first-order valence-corrected chi connectivity index (χ1v) is 9.22. The van der Waals surface area contributed by atoms with E-state index in [1.165, 1.54) is 0 Å². The van der Waals surface area contributed by atoms with Gasteiger partial charge in [-0.3, -0.25) is 9.69 Å². The number of halogens is 2. The van der Waals surface area contributed by atoms with E-state index in [1.54, 1.807) is 36.6 Å². The summed E-state index contributed by atoms with van der Waals surface area (Å²) in [6, 6.07) is 8.19. The predicted molar refractivity (Wildman–Crippen MR) is 101 cm³/mol. The van der Waals surface area contributed by atoms with Crippen molar-refractivity contribution >= 4 is 34.8 Å². The Balaban J connectivity index is 1.43. The van der Waals surface area contributed by atoms with Gasteiger partial charge in [-0.05, 0) is 49.7 Å². The summed E-state index contributed by atoms with van der Waals surface area (Å²) in [4.78, 5) is 19.1. The smallest absolute Gasteiger partial charge is 0.241 e. The monoisotopic (exact) mass is 406 g/mol. The van der Waals surface area contributed by atoms with Gasteiger partial charge in [-0.1, -0.05) is 28.4 Å². The van der Waals surface area contributed by atoms with E-state index in [4.69, 9.17) is 32.1 Å². The maximum absolute atomic E-state index is 12.7. The number of nitrogens with one attached hydrogen (secondary N) is 1. The molecular weight excluding hydrogens is 391 g/mol. The first-order valence-electron chi connectivity index (χ1n) is 8.46. The van der Waals surface area contributed by atoms with Gasteiger partial charge in [0, 0.05) is 5.02 Å². The highest BCUT2D eigenvalue weighted by Crippen LogP contribution is 2.27. The van der Waals surface area contributed by atoms with Crippen LogP contribution in [-0.4, -0.2) is 33.5 Å². The first kappa shape index (κ1) is 18.0. The van der Waals surface area contributed by atoms with Crippen molar-refractivity contribution in [1.82, 2.24) is 15.0 Å². The number of amides is 1. The minimum absolute atomic E-state index is 0.123. The Morgan fingerprint density at radius 1 is 1.33 bits per heavy atom. The summed E-state index contributed by atoms with van der Waals surface area (Å²) in [6.45, 7) is 1.16. The van der Waals surface area contributed by atoms with Gasteiger partial charge < -0.3 is 14.3 Å². The summed E-state index contributed by atoms with van der Waals surface area (Å²) in [5, 5.41) is 7.71. The first-order chi connectivity index (χ1) is 13.1. The molecule has 0 saturated carbocycles. The molecule has 0 radical (unpaired) electrons. The molecule has 1 aliphatic rings. The van der Waals surface area contributed by atoms with Crippen molar-refractivity contribution in [3.63, 3.8) is 0 Å². The topological polar surface area (TPSA) is 84.4 Å². The van der Waals surface area contributed by atoms with Crippen molar-refractivity contribution in [2.75, 3.05) is 11.9 Å². The van der Waals surface area contributed by atoms with Gasteiger partial charge in [0.2, 0.25) is 17.6 Å². The van der Waals surface area contributed by atoms with Gasteiger partial charge in [0.15, 0.2) is 5.76 Å². The van der Waals surface area contributed by atoms with Crippen molar-refractivity contribution < 1.29 is 13.7 Å². The Bertz CT molecular complexity index is 942. The van der Waals surface area contributed by atoms with Crippen LogP contribution in [0, 0.1) is 0 Å². The third kappa shape index (κ3) is 4.00. The Morgan fingerprint density at radius 2 is 2.22 bits per heavy atom. The highest BCUT2D eigenvalue weighted by Gasteiger charge is 2.32. The quantitative estimate of drug-likeness (QED) is 0.681. The van der Waals surface area contributed by atoms with Crippen LogP contribution in [0.2, 0.25) is 10.0 Å². The molecule has 2 aromatic heterocycles. The molecule has 1 aliphatic heterocycles. The second kappa shape index (κ2) is 7.72. The molecule has 0 bridgehead atoms. The zero-order valence-corrected chi connectivity index (χ0v) is 15.7. The van der Waals surface area contributed by atoms with E-state index < -0.39 is 0 Å². The molecule has 1 aromatic carbocycles. The van der Waals surface area contributed by atoms with Crippen LogP contribution in [0.15, 0.2) is 45.5 Å². The van der Waals surface area contributed by atoms with E-state index in [0.29, 0.717) is 39.8 Å².